The Morgan fingerprint density at radius 1 is 1.58 bits per heavy atom. The number of aliphatic imine (C=N–C) groups is 1. The fraction of sp³-hybridized carbons (Fsp3) is 0.333. The van der Waals surface area contributed by atoms with Crippen LogP contribution in [0.1, 0.15) is 25.4 Å². The molecule has 0 saturated heterocycles. The van der Waals surface area contributed by atoms with Crippen molar-refractivity contribution in [2.24, 2.45) is 4.99 Å². The van der Waals surface area contributed by atoms with Crippen LogP contribution in [-0.2, 0) is 0 Å². The largest absolute Gasteiger partial charge is 0.341 e. The normalized spacial score (nSPS) is 9.58. The van der Waals surface area contributed by atoms with E-state index in [1.807, 2.05) is 26.8 Å². The highest BCUT2D eigenvalue weighted by Gasteiger charge is 2.02. The van der Waals surface area contributed by atoms with Crippen molar-refractivity contribution in [2.45, 2.75) is 20.8 Å². The number of aromatic amines is 1. The fourth-order valence-corrected chi connectivity index (χ4v) is 1.01. The molecule has 1 aromatic rings. The summed E-state index contributed by atoms with van der Waals surface area (Å²) < 4.78 is 0. The van der Waals surface area contributed by atoms with Crippen LogP contribution < -0.4 is 0 Å². The summed E-state index contributed by atoms with van der Waals surface area (Å²) in [4.78, 5) is 11.1. The van der Waals surface area contributed by atoms with E-state index in [2.05, 4.69) is 21.7 Å². The molecule has 0 fully saturated rings. The number of nitrogens with zero attached hydrogens (tertiary/aromatic N) is 2. The van der Waals surface area contributed by atoms with Crippen molar-refractivity contribution in [3.05, 3.63) is 17.1 Å². The molecule has 1 rings (SSSR count). The minimum atomic E-state index is 0.675. The van der Waals surface area contributed by atoms with Crippen molar-refractivity contribution in [3.63, 3.8) is 0 Å². The predicted molar refractivity (Wildman–Crippen MR) is 51.9 cm³/mol. The molecule has 0 aliphatic heterocycles. The molecule has 1 heterocycles. The first-order valence-corrected chi connectivity index (χ1v) is 3.81. The number of hydrogen-bond donors (Lipinski definition) is 1. The molecule has 0 aliphatic rings. The molecule has 1 aromatic heterocycles. The molecule has 3 nitrogen and oxygen atoms in total. The molecule has 0 bridgehead atoms. The Bertz CT molecular complexity index is 317. The highest BCUT2D eigenvalue weighted by atomic mass is 15.0. The van der Waals surface area contributed by atoms with E-state index in [0.717, 1.165) is 11.5 Å². The summed E-state index contributed by atoms with van der Waals surface area (Å²) in [6.07, 6.45) is 2.00. The first-order chi connectivity index (χ1) is 5.63. The van der Waals surface area contributed by atoms with Gasteiger partial charge in [-0.05, 0) is 33.6 Å². The summed E-state index contributed by atoms with van der Waals surface area (Å²) in [6.45, 7) is 9.41. The number of imidazole rings is 1. The fourth-order valence-electron chi connectivity index (χ4n) is 1.01. The predicted octanol–water partition coefficient (Wildman–Crippen LogP) is 2.47. The van der Waals surface area contributed by atoms with Crippen LogP contribution in [-0.4, -0.2) is 16.7 Å². The zero-order chi connectivity index (χ0) is 9.14. The van der Waals surface area contributed by atoms with E-state index < -0.39 is 0 Å². The van der Waals surface area contributed by atoms with E-state index in [-0.39, 0.29) is 0 Å². The summed E-state index contributed by atoms with van der Waals surface area (Å²) in [7, 11) is 0. The van der Waals surface area contributed by atoms with Gasteiger partial charge in [-0.15, -0.1) is 0 Å². The zero-order valence-corrected chi connectivity index (χ0v) is 7.68. The average Bonchev–Trinajstić information content (AvgIpc) is 2.29. The number of aromatic nitrogens is 2. The Morgan fingerprint density at radius 2 is 2.25 bits per heavy atom. The van der Waals surface area contributed by atoms with E-state index in [9.17, 15) is 0 Å². The minimum absolute atomic E-state index is 0.675. The maximum Gasteiger partial charge on any atom is 0.177 e. The van der Waals surface area contributed by atoms with Crippen molar-refractivity contribution in [2.75, 3.05) is 0 Å². The van der Waals surface area contributed by atoms with Crippen LogP contribution >= 0.6 is 0 Å². The number of hydrogen-bond acceptors (Lipinski definition) is 2. The third kappa shape index (κ3) is 1.81. The number of rotatable bonds is 2. The van der Waals surface area contributed by atoms with Crippen molar-refractivity contribution in [3.8, 4) is 0 Å². The van der Waals surface area contributed by atoms with Crippen LogP contribution in [0, 0.1) is 6.92 Å². The van der Waals surface area contributed by atoms with E-state index >= 15 is 0 Å². The van der Waals surface area contributed by atoms with Crippen LogP contribution in [0.4, 0.5) is 5.82 Å². The summed E-state index contributed by atoms with van der Waals surface area (Å²) in [5.41, 5.74) is 2.14. The second-order valence-corrected chi connectivity index (χ2v) is 2.94. The van der Waals surface area contributed by atoms with Crippen LogP contribution in [0.15, 0.2) is 10.6 Å². The van der Waals surface area contributed by atoms with Gasteiger partial charge in [0.2, 0.25) is 0 Å². The van der Waals surface area contributed by atoms with Gasteiger partial charge in [-0.1, -0.05) is 5.57 Å². The Morgan fingerprint density at radius 3 is 2.75 bits per heavy atom. The lowest BCUT2D eigenvalue weighted by Gasteiger charge is -1.90. The molecule has 0 radical (unpaired) electrons. The molecule has 1 N–H and O–H groups in total. The van der Waals surface area contributed by atoms with Gasteiger partial charge < -0.3 is 4.98 Å². The van der Waals surface area contributed by atoms with Crippen LogP contribution in [0.5, 0.6) is 0 Å². The van der Waals surface area contributed by atoms with Crippen molar-refractivity contribution in [1.29, 1.82) is 0 Å². The van der Waals surface area contributed by atoms with E-state index in [4.69, 9.17) is 0 Å². The summed E-state index contributed by atoms with van der Waals surface area (Å²) in [5.74, 6) is 1.54. The maximum absolute atomic E-state index is 4.15. The lowest BCUT2D eigenvalue weighted by Crippen LogP contribution is -1.74. The zero-order valence-electron chi connectivity index (χ0n) is 7.68. The van der Waals surface area contributed by atoms with Gasteiger partial charge in [-0.25, -0.2) is 9.98 Å². The first-order valence-electron chi connectivity index (χ1n) is 3.81. The summed E-state index contributed by atoms with van der Waals surface area (Å²) in [6, 6.07) is 0. The molecule has 0 aromatic carbocycles. The molecule has 64 valence electrons. The summed E-state index contributed by atoms with van der Waals surface area (Å²) >= 11 is 0. The Kier molecular flexibility index (Phi) is 2.43. The summed E-state index contributed by atoms with van der Waals surface area (Å²) in [5, 5.41) is 0. The highest BCUT2D eigenvalue weighted by molar-refractivity contribution is 5.60. The molecule has 3 heteroatoms. The van der Waals surface area contributed by atoms with Gasteiger partial charge in [0.05, 0.1) is 5.69 Å². The Balaban J connectivity index is 3.13. The number of nitrogens with one attached hydrogen (secondary N) is 1. The topological polar surface area (TPSA) is 41.0 Å². The van der Waals surface area contributed by atoms with Crippen molar-refractivity contribution in [1.82, 2.24) is 9.97 Å². The minimum Gasteiger partial charge on any atom is -0.341 e. The Labute approximate surface area is 72.3 Å². The van der Waals surface area contributed by atoms with Crippen LogP contribution in [0.3, 0.4) is 0 Å². The molecule has 0 amide bonds. The SMILES string of the molecule is C=Nc1nc(C)[nH]c1C=C(C)C. The number of allylic oxidation sites excluding steroid dienone is 1. The molecular weight excluding hydrogens is 150 g/mol. The van der Waals surface area contributed by atoms with Gasteiger partial charge in [0.1, 0.15) is 5.82 Å². The molecule has 0 unspecified atom stereocenters. The van der Waals surface area contributed by atoms with Crippen molar-refractivity contribution >= 4 is 18.6 Å². The molecule has 0 spiro atoms. The van der Waals surface area contributed by atoms with Gasteiger partial charge in [0.15, 0.2) is 5.82 Å². The van der Waals surface area contributed by atoms with Crippen LogP contribution in [0.25, 0.3) is 6.08 Å². The highest BCUT2D eigenvalue weighted by Crippen LogP contribution is 2.17. The molecular formula is C9H13N3. The van der Waals surface area contributed by atoms with Gasteiger partial charge >= 0.3 is 0 Å². The van der Waals surface area contributed by atoms with E-state index in [1.165, 1.54) is 5.57 Å². The van der Waals surface area contributed by atoms with Gasteiger partial charge in [0.25, 0.3) is 0 Å². The second kappa shape index (κ2) is 3.34. The monoisotopic (exact) mass is 163 g/mol. The number of aryl methyl sites for hydroxylation is 1. The molecule has 0 saturated carbocycles. The third-order valence-corrected chi connectivity index (χ3v) is 1.41. The van der Waals surface area contributed by atoms with E-state index in [0.29, 0.717) is 5.82 Å². The number of H-pyrrole nitrogens is 1. The van der Waals surface area contributed by atoms with Gasteiger partial charge in [0, 0.05) is 0 Å². The van der Waals surface area contributed by atoms with Crippen molar-refractivity contribution < 1.29 is 0 Å². The molecule has 0 atom stereocenters. The quantitative estimate of drug-likeness (QED) is 0.668. The smallest absolute Gasteiger partial charge is 0.177 e. The van der Waals surface area contributed by atoms with E-state index in [1.54, 1.807) is 0 Å². The Hall–Kier alpha value is -1.38. The van der Waals surface area contributed by atoms with Crippen LogP contribution in [0.2, 0.25) is 0 Å². The average molecular weight is 163 g/mol. The lowest BCUT2D eigenvalue weighted by molar-refractivity contribution is 1.14. The maximum atomic E-state index is 4.15. The standard InChI is InChI=1S/C9H13N3/c1-6(2)5-8-9(10-4)12-7(3)11-8/h5H,4H2,1-3H3,(H,11,12). The molecule has 12 heavy (non-hydrogen) atoms. The van der Waals surface area contributed by atoms with Gasteiger partial charge in [-0.2, -0.15) is 0 Å². The first kappa shape index (κ1) is 8.71. The lowest BCUT2D eigenvalue weighted by atomic mass is 10.3. The van der Waals surface area contributed by atoms with Gasteiger partial charge in [-0.3, -0.25) is 0 Å². The third-order valence-electron chi connectivity index (χ3n) is 1.41. The second-order valence-electron chi connectivity index (χ2n) is 2.94. The molecule has 0 aliphatic carbocycles.